The molecule has 2 aromatic carbocycles. The Kier molecular flexibility index (Phi) is 5.76. The molecular formula is C21H24N4O2. The topological polar surface area (TPSA) is 79.3 Å². The van der Waals surface area contributed by atoms with Crippen LogP contribution in [0.15, 0.2) is 48.8 Å². The number of hydrogen-bond acceptors (Lipinski definition) is 6. The molecule has 1 aliphatic rings. The Morgan fingerprint density at radius 2 is 1.85 bits per heavy atom. The lowest BCUT2D eigenvalue weighted by molar-refractivity contribution is 0.323. The van der Waals surface area contributed by atoms with Gasteiger partial charge in [-0.05, 0) is 19.1 Å². The third-order valence-electron chi connectivity index (χ3n) is 4.07. The number of aryl methyl sites for hydroxylation is 1. The number of rotatable bonds is 3. The molecule has 0 unspecified atom stereocenters. The van der Waals surface area contributed by atoms with Crippen molar-refractivity contribution in [3.8, 4) is 22.8 Å². The molecule has 0 aliphatic carbocycles. The molecule has 0 saturated heterocycles. The zero-order valence-electron chi connectivity index (χ0n) is 15.8. The second-order valence-electron chi connectivity index (χ2n) is 5.90. The molecule has 0 spiro atoms. The Hall–Kier alpha value is -3.28. The minimum atomic E-state index is 0.0168. The number of ether oxygens (including phenoxy) is 1. The van der Waals surface area contributed by atoms with Crippen molar-refractivity contribution in [3.05, 3.63) is 54.4 Å². The third-order valence-corrected chi connectivity index (χ3v) is 4.07. The first-order valence-electron chi connectivity index (χ1n) is 9.09. The SMILES string of the molecule is CC.Cc1ccc(-c2ncnc(Nc3ccc4c(c3)OCCN4)c2O)cc1. The number of aromatic hydroxyl groups is 1. The van der Waals surface area contributed by atoms with Crippen LogP contribution < -0.4 is 15.4 Å². The maximum absolute atomic E-state index is 10.6. The predicted molar refractivity (Wildman–Crippen MR) is 109 cm³/mol. The summed E-state index contributed by atoms with van der Waals surface area (Å²) in [7, 11) is 0. The van der Waals surface area contributed by atoms with Crippen molar-refractivity contribution >= 4 is 17.2 Å². The van der Waals surface area contributed by atoms with Gasteiger partial charge in [-0.1, -0.05) is 43.7 Å². The quantitative estimate of drug-likeness (QED) is 0.623. The van der Waals surface area contributed by atoms with E-state index in [1.165, 1.54) is 6.33 Å². The summed E-state index contributed by atoms with van der Waals surface area (Å²) in [6.45, 7) is 7.45. The van der Waals surface area contributed by atoms with E-state index < -0.39 is 0 Å². The first-order chi connectivity index (χ1) is 13.2. The second-order valence-corrected chi connectivity index (χ2v) is 5.90. The van der Waals surface area contributed by atoms with Crippen LogP contribution >= 0.6 is 0 Å². The van der Waals surface area contributed by atoms with Crippen LogP contribution in [0.3, 0.4) is 0 Å². The molecule has 6 heteroatoms. The molecule has 0 radical (unpaired) electrons. The van der Waals surface area contributed by atoms with Crippen LogP contribution in [0.4, 0.5) is 17.2 Å². The molecule has 0 amide bonds. The van der Waals surface area contributed by atoms with Gasteiger partial charge in [-0.2, -0.15) is 0 Å². The van der Waals surface area contributed by atoms with Gasteiger partial charge in [0.05, 0.1) is 5.69 Å². The first kappa shape index (κ1) is 18.5. The van der Waals surface area contributed by atoms with Gasteiger partial charge in [0.15, 0.2) is 11.6 Å². The van der Waals surface area contributed by atoms with Gasteiger partial charge in [-0.3, -0.25) is 0 Å². The van der Waals surface area contributed by atoms with Crippen LogP contribution in [-0.2, 0) is 0 Å². The van der Waals surface area contributed by atoms with E-state index in [0.717, 1.165) is 34.8 Å². The Bertz CT molecular complexity index is 911. The number of hydrogen-bond donors (Lipinski definition) is 3. The second kappa shape index (κ2) is 8.40. The van der Waals surface area contributed by atoms with Crippen LogP contribution in [0.5, 0.6) is 11.5 Å². The molecule has 1 aliphatic heterocycles. The monoisotopic (exact) mass is 364 g/mol. The molecule has 6 nitrogen and oxygen atoms in total. The van der Waals surface area contributed by atoms with Crippen LogP contribution in [-0.4, -0.2) is 28.2 Å². The zero-order valence-corrected chi connectivity index (χ0v) is 15.8. The number of fused-ring (bicyclic) bond motifs is 1. The molecule has 27 heavy (non-hydrogen) atoms. The molecule has 2 heterocycles. The molecule has 4 rings (SSSR count). The normalized spacial score (nSPS) is 12.0. The Morgan fingerprint density at radius 3 is 2.63 bits per heavy atom. The standard InChI is InChI=1S/C19H18N4O2.C2H6/c1-12-2-4-13(5-3-12)17-18(24)19(22-11-21-17)23-14-6-7-15-16(10-14)25-9-8-20-15;1-2/h2-7,10-11,20,24H,8-9H2,1H3,(H,21,22,23);1-2H3. The number of anilines is 3. The fraction of sp³-hybridized carbons (Fsp3) is 0.238. The highest BCUT2D eigenvalue weighted by atomic mass is 16.5. The molecule has 1 aromatic heterocycles. The first-order valence-corrected chi connectivity index (χ1v) is 9.09. The number of nitrogens with one attached hydrogen (secondary N) is 2. The number of aromatic nitrogens is 2. The highest BCUT2D eigenvalue weighted by Gasteiger charge is 2.14. The van der Waals surface area contributed by atoms with Crippen molar-refractivity contribution in [2.45, 2.75) is 20.8 Å². The van der Waals surface area contributed by atoms with E-state index >= 15 is 0 Å². The summed E-state index contributed by atoms with van der Waals surface area (Å²) in [4.78, 5) is 8.38. The number of nitrogens with zero attached hydrogens (tertiary/aromatic N) is 2. The molecule has 140 valence electrons. The van der Waals surface area contributed by atoms with Gasteiger partial charge in [0, 0.05) is 23.9 Å². The van der Waals surface area contributed by atoms with Crippen molar-refractivity contribution in [2.75, 3.05) is 23.8 Å². The summed E-state index contributed by atoms with van der Waals surface area (Å²) in [6.07, 6.45) is 1.44. The summed E-state index contributed by atoms with van der Waals surface area (Å²) < 4.78 is 5.64. The van der Waals surface area contributed by atoms with E-state index in [0.29, 0.717) is 18.1 Å². The molecule has 0 fully saturated rings. The summed E-state index contributed by atoms with van der Waals surface area (Å²) in [5.41, 5.74) is 4.23. The zero-order chi connectivity index (χ0) is 19.2. The van der Waals surface area contributed by atoms with E-state index in [-0.39, 0.29) is 5.75 Å². The molecular weight excluding hydrogens is 340 g/mol. The minimum Gasteiger partial charge on any atom is -0.503 e. The van der Waals surface area contributed by atoms with Crippen molar-refractivity contribution in [3.63, 3.8) is 0 Å². The Balaban J connectivity index is 0.00000102. The Morgan fingerprint density at radius 1 is 1.07 bits per heavy atom. The summed E-state index contributed by atoms with van der Waals surface area (Å²) in [6, 6.07) is 13.6. The third kappa shape index (κ3) is 4.11. The number of benzene rings is 2. The van der Waals surface area contributed by atoms with Gasteiger partial charge < -0.3 is 20.5 Å². The summed E-state index contributed by atoms with van der Waals surface area (Å²) in [5, 5.41) is 17.0. The smallest absolute Gasteiger partial charge is 0.185 e. The van der Waals surface area contributed by atoms with E-state index in [2.05, 4.69) is 20.6 Å². The summed E-state index contributed by atoms with van der Waals surface area (Å²) in [5.74, 6) is 1.15. The van der Waals surface area contributed by atoms with Crippen LogP contribution in [0.2, 0.25) is 0 Å². The van der Waals surface area contributed by atoms with Gasteiger partial charge in [-0.15, -0.1) is 0 Å². The summed E-state index contributed by atoms with van der Waals surface area (Å²) >= 11 is 0. The maximum Gasteiger partial charge on any atom is 0.185 e. The molecule has 3 N–H and O–H groups in total. The van der Waals surface area contributed by atoms with Gasteiger partial charge in [0.1, 0.15) is 24.4 Å². The van der Waals surface area contributed by atoms with Gasteiger partial charge in [0.25, 0.3) is 0 Å². The van der Waals surface area contributed by atoms with Crippen molar-refractivity contribution in [1.82, 2.24) is 9.97 Å². The fourth-order valence-corrected chi connectivity index (χ4v) is 2.74. The lowest BCUT2D eigenvalue weighted by Crippen LogP contribution is -2.17. The average molecular weight is 364 g/mol. The van der Waals surface area contributed by atoms with Gasteiger partial charge in [-0.25, -0.2) is 9.97 Å². The lowest BCUT2D eigenvalue weighted by atomic mass is 10.1. The van der Waals surface area contributed by atoms with E-state index in [4.69, 9.17) is 4.74 Å². The minimum absolute atomic E-state index is 0.0168. The van der Waals surface area contributed by atoms with Crippen molar-refractivity contribution < 1.29 is 9.84 Å². The van der Waals surface area contributed by atoms with Gasteiger partial charge >= 0.3 is 0 Å². The van der Waals surface area contributed by atoms with Crippen LogP contribution in [0, 0.1) is 6.92 Å². The van der Waals surface area contributed by atoms with Crippen molar-refractivity contribution in [1.29, 1.82) is 0 Å². The van der Waals surface area contributed by atoms with Gasteiger partial charge in [0.2, 0.25) is 0 Å². The van der Waals surface area contributed by atoms with E-state index in [9.17, 15) is 5.11 Å². The average Bonchev–Trinajstić information content (AvgIpc) is 2.72. The van der Waals surface area contributed by atoms with E-state index in [1.807, 2.05) is 63.2 Å². The van der Waals surface area contributed by atoms with Crippen LogP contribution in [0.25, 0.3) is 11.3 Å². The van der Waals surface area contributed by atoms with E-state index in [1.54, 1.807) is 0 Å². The molecule has 3 aromatic rings. The highest BCUT2D eigenvalue weighted by Crippen LogP contribution is 2.36. The maximum atomic E-state index is 10.6. The van der Waals surface area contributed by atoms with Crippen LogP contribution in [0.1, 0.15) is 19.4 Å². The largest absolute Gasteiger partial charge is 0.503 e. The highest BCUT2D eigenvalue weighted by molar-refractivity contribution is 5.76. The predicted octanol–water partition coefficient (Wildman–Crippen LogP) is 4.73. The van der Waals surface area contributed by atoms with Crippen molar-refractivity contribution in [2.24, 2.45) is 0 Å². The fourth-order valence-electron chi connectivity index (χ4n) is 2.74. The molecule has 0 saturated carbocycles. The Labute approximate surface area is 159 Å². The molecule has 0 bridgehead atoms. The molecule has 0 atom stereocenters. The lowest BCUT2D eigenvalue weighted by Gasteiger charge is -2.20.